The van der Waals surface area contributed by atoms with Gasteiger partial charge in [0, 0.05) is 18.0 Å². The van der Waals surface area contributed by atoms with Gasteiger partial charge in [-0.1, -0.05) is 26.0 Å². The van der Waals surface area contributed by atoms with Gasteiger partial charge in [-0.2, -0.15) is 0 Å². The Bertz CT molecular complexity index is 429. The molecule has 2 rings (SSSR count). The van der Waals surface area contributed by atoms with Crippen LogP contribution in [-0.2, 0) is 6.42 Å². The van der Waals surface area contributed by atoms with Crippen molar-refractivity contribution in [3.8, 4) is 11.5 Å². The van der Waals surface area contributed by atoms with Crippen LogP contribution >= 0.6 is 0 Å². The maximum atomic E-state index is 6.01. The fraction of sp³-hybridized carbons (Fsp3) is 0.625. The number of likely N-dealkylation sites (N-methyl/N-ethyl adjacent to an activating group) is 1. The minimum atomic E-state index is -0.117. The van der Waals surface area contributed by atoms with Crippen molar-refractivity contribution in [3.63, 3.8) is 0 Å². The quantitative estimate of drug-likeness (QED) is 0.855. The molecule has 1 aliphatic heterocycles. The van der Waals surface area contributed by atoms with Crippen molar-refractivity contribution in [3.05, 3.63) is 23.8 Å². The zero-order valence-corrected chi connectivity index (χ0v) is 12.5. The van der Waals surface area contributed by atoms with Crippen LogP contribution in [0.5, 0.6) is 11.5 Å². The fourth-order valence-corrected chi connectivity index (χ4v) is 2.50. The first-order valence-electron chi connectivity index (χ1n) is 7.23. The van der Waals surface area contributed by atoms with Gasteiger partial charge in [0.25, 0.3) is 0 Å². The number of ether oxygens (including phenoxy) is 2. The van der Waals surface area contributed by atoms with E-state index in [1.54, 1.807) is 0 Å². The van der Waals surface area contributed by atoms with E-state index in [4.69, 9.17) is 9.47 Å². The molecule has 0 aliphatic carbocycles. The molecule has 1 aromatic carbocycles. The molecule has 1 heterocycles. The molecule has 1 atom stereocenters. The lowest BCUT2D eigenvalue weighted by Gasteiger charge is -2.20. The molecule has 0 aromatic heterocycles. The normalized spacial score (nSPS) is 17.7. The van der Waals surface area contributed by atoms with Crippen molar-refractivity contribution < 1.29 is 9.47 Å². The Morgan fingerprint density at radius 3 is 2.84 bits per heavy atom. The standard InChI is InChI=1S/C16H25NO2/c1-5-13(17-6-2)11-18-14-9-7-8-12-10-16(3,4)19-15(12)14/h7-9,13,17H,5-6,10-11H2,1-4H3. The Labute approximate surface area is 116 Å². The first-order chi connectivity index (χ1) is 9.05. The van der Waals surface area contributed by atoms with Gasteiger partial charge in [-0.05, 0) is 32.9 Å². The number of rotatable bonds is 6. The highest BCUT2D eigenvalue weighted by Gasteiger charge is 2.32. The van der Waals surface area contributed by atoms with Crippen LogP contribution in [0.25, 0.3) is 0 Å². The minimum Gasteiger partial charge on any atom is -0.488 e. The minimum absolute atomic E-state index is 0.117. The van der Waals surface area contributed by atoms with Gasteiger partial charge in [-0.25, -0.2) is 0 Å². The van der Waals surface area contributed by atoms with Crippen molar-refractivity contribution in [2.24, 2.45) is 0 Å². The van der Waals surface area contributed by atoms with E-state index in [2.05, 4.69) is 39.1 Å². The fourth-order valence-electron chi connectivity index (χ4n) is 2.50. The largest absolute Gasteiger partial charge is 0.488 e. The Morgan fingerprint density at radius 1 is 1.37 bits per heavy atom. The van der Waals surface area contributed by atoms with Gasteiger partial charge in [0.2, 0.25) is 0 Å². The van der Waals surface area contributed by atoms with Crippen LogP contribution in [0, 0.1) is 0 Å². The third kappa shape index (κ3) is 3.41. The highest BCUT2D eigenvalue weighted by Crippen LogP contribution is 2.41. The first-order valence-corrected chi connectivity index (χ1v) is 7.23. The molecule has 1 aromatic rings. The Morgan fingerprint density at radius 2 is 2.16 bits per heavy atom. The molecule has 0 amide bonds. The predicted octanol–water partition coefficient (Wildman–Crippen LogP) is 3.17. The molecule has 1 unspecified atom stereocenters. The molecule has 19 heavy (non-hydrogen) atoms. The monoisotopic (exact) mass is 263 g/mol. The van der Waals surface area contributed by atoms with E-state index in [1.807, 2.05) is 12.1 Å². The van der Waals surface area contributed by atoms with Gasteiger partial charge in [-0.3, -0.25) is 0 Å². The number of para-hydroxylation sites is 1. The van der Waals surface area contributed by atoms with Crippen molar-refractivity contribution in [2.45, 2.75) is 52.2 Å². The highest BCUT2D eigenvalue weighted by atomic mass is 16.5. The van der Waals surface area contributed by atoms with Gasteiger partial charge in [0.05, 0.1) is 0 Å². The number of nitrogens with one attached hydrogen (secondary N) is 1. The summed E-state index contributed by atoms with van der Waals surface area (Å²) >= 11 is 0. The second kappa shape index (κ2) is 5.83. The molecule has 1 N–H and O–H groups in total. The second-order valence-corrected chi connectivity index (χ2v) is 5.76. The highest BCUT2D eigenvalue weighted by molar-refractivity contribution is 5.50. The van der Waals surface area contributed by atoms with Gasteiger partial charge in [0.15, 0.2) is 11.5 Å². The molecule has 106 valence electrons. The van der Waals surface area contributed by atoms with E-state index in [0.717, 1.165) is 30.9 Å². The summed E-state index contributed by atoms with van der Waals surface area (Å²) in [6.07, 6.45) is 2.01. The number of fused-ring (bicyclic) bond motifs is 1. The van der Waals surface area contributed by atoms with Gasteiger partial charge >= 0.3 is 0 Å². The third-order valence-electron chi connectivity index (χ3n) is 3.48. The summed E-state index contributed by atoms with van der Waals surface area (Å²) < 4.78 is 12.0. The van der Waals surface area contributed by atoms with E-state index in [0.29, 0.717) is 12.6 Å². The molecule has 0 bridgehead atoms. The molecule has 3 heteroatoms. The average Bonchev–Trinajstić information content (AvgIpc) is 2.68. The van der Waals surface area contributed by atoms with Gasteiger partial charge < -0.3 is 14.8 Å². The molecular formula is C16H25NO2. The van der Waals surface area contributed by atoms with E-state index in [1.165, 1.54) is 5.56 Å². The van der Waals surface area contributed by atoms with E-state index < -0.39 is 0 Å². The average molecular weight is 263 g/mol. The number of hydrogen-bond donors (Lipinski definition) is 1. The van der Waals surface area contributed by atoms with E-state index in [-0.39, 0.29) is 5.60 Å². The predicted molar refractivity (Wildman–Crippen MR) is 78.1 cm³/mol. The van der Waals surface area contributed by atoms with Gasteiger partial charge in [0.1, 0.15) is 12.2 Å². The van der Waals surface area contributed by atoms with Crippen LogP contribution in [0.1, 0.15) is 39.7 Å². The Kier molecular flexibility index (Phi) is 4.35. The lowest BCUT2D eigenvalue weighted by molar-refractivity contribution is 0.131. The lowest BCUT2D eigenvalue weighted by Crippen LogP contribution is -2.33. The summed E-state index contributed by atoms with van der Waals surface area (Å²) in [4.78, 5) is 0. The summed E-state index contributed by atoms with van der Waals surface area (Å²) in [7, 11) is 0. The van der Waals surface area contributed by atoms with E-state index in [9.17, 15) is 0 Å². The molecule has 3 nitrogen and oxygen atoms in total. The van der Waals surface area contributed by atoms with Crippen LogP contribution < -0.4 is 14.8 Å². The zero-order chi connectivity index (χ0) is 13.9. The molecular weight excluding hydrogens is 238 g/mol. The molecule has 0 spiro atoms. The van der Waals surface area contributed by atoms with Crippen molar-refractivity contribution in [1.29, 1.82) is 0 Å². The third-order valence-corrected chi connectivity index (χ3v) is 3.48. The molecule has 0 radical (unpaired) electrons. The summed E-state index contributed by atoms with van der Waals surface area (Å²) in [6, 6.07) is 6.57. The summed E-state index contributed by atoms with van der Waals surface area (Å²) in [5, 5.41) is 3.42. The van der Waals surface area contributed by atoms with Crippen LogP contribution in [0.4, 0.5) is 0 Å². The Hall–Kier alpha value is -1.22. The molecule has 1 aliphatic rings. The van der Waals surface area contributed by atoms with Crippen molar-refractivity contribution in [1.82, 2.24) is 5.32 Å². The zero-order valence-electron chi connectivity index (χ0n) is 12.5. The van der Waals surface area contributed by atoms with Crippen LogP contribution in [-0.4, -0.2) is 24.8 Å². The van der Waals surface area contributed by atoms with Gasteiger partial charge in [-0.15, -0.1) is 0 Å². The molecule has 0 fully saturated rings. The van der Waals surface area contributed by atoms with Crippen LogP contribution in [0.2, 0.25) is 0 Å². The van der Waals surface area contributed by atoms with Crippen LogP contribution in [0.15, 0.2) is 18.2 Å². The molecule has 0 saturated heterocycles. The molecule has 0 saturated carbocycles. The second-order valence-electron chi connectivity index (χ2n) is 5.76. The summed E-state index contributed by atoms with van der Waals surface area (Å²) in [6.45, 7) is 10.2. The topological polar surface area (TPSA) is 30.5 Å². The van der Waals surface area contributed by atoms with Crippen molar-refractivity contribution >= 4 is 0 Å². The maximum absolute atomic E-state index is 6.01. The SMILES string of the molecule is CCNC(CC)COc1cccc2c1OC(C)(C)C2. The smallest absolute Gasteiger partial charge is 0.165 e. The summed E-state index contributed by atoms with van der Waals surface area (Å²) in [5.41, 5.74) is 1.13. The maximum Gasteiger partial charge on any atom is 0.165 e. The number of hydrogen-bond acceptors (Lipinski definition) is 3. The van der Waals surface area contributed by atoms with E-state index >= 15 is 0 Å². The first kappa shape index (κ1) is 14.2. The summed E-state index contributed by atoms with van der Waals surface area (Å²) in [5.74, 6) is 1.80. The van der Waals surface area contributed by atoms with Crippen molar-refractivity contribution in [2.75, 3.05) is 13.2 Å². The van der Waals surface area contributed by atoms with Crippen LogP contribution in [0.3, 0.4) is 0 Å². The number of benzene rings is 1. The lowest BCUT2D eigenvalue weighted by atomic mass is 10.0. The Balaban J connectivity index is 2.05.